The van der Waals surface area contributed by atoms with Gasteiger partial charge in [0.25, 0.3) is 11.8 Å². The molecule has 2 saturated heterocycles. The van der Waals surface area contributed by atoms with Crippen LogP contribution in [0.2, 0.25) is 0 Å². The van der Waals surface area contributed by atoms with Crippen molar-refractivity contribution in [1.29, 1.82) is 0 Å². The number of amides is 9. The molecule has 22 heteroatoms. The molecule has 22 nitrogen and oxygen atoms in total. The molecular formula is C60H84N10O12. The number of likely N-dealkylation sites (tertiary alicyclic amines) is 2. The molecule has 5 rings (SSSR count). The summed E-state index contributed by atoms with van der Waals surface area (Å²) in [5, 5.41) is 17.7. The molecule has 2 heterocycles. The number of ether oxygens (including phenoxy) is 2. The number of rotatable bonds is 27. The fraction of sp³-hybridized carbons (Fsp3) is 0.533. The second kappa shape index (κ2) is 29.4. The predicted octanol–water partition coefficient (Wildman–Crippen LogP) is 2.61. The van der Waals surface area contributed by atoms with Gasteiger partial charge in [0.1, 0.15) is 37.1 Å². The number of nitrogens with one attached hydrogen (secondary N) is 6. The molecule has 0 unspecified atom stereocenters. The topological polar surface area (TPSA) is 320 Å². The van der Waals surface area contributed by atoms with Crippen LogP contribution in [0.1, 0.15) is 132 Å². The molecule has 446 valence electrons. The number of primary amides is 2. The van der Waals surface area contributed by atoms with Crippen molar-refractivity contribution >= 4 is 58.9 Å². The van der Waals surface area contributed by atoms with Crippen LogP contribution in [0.15, 0.2) is 84.9 Å². The zero-order valence-corrected chi connectivity index (χ0v) is 48.9. The van der Waals surface area contributed by atoms with E-state index in [4.69, 9.17) is 20.9 Å². The third-order valence-electron chi connectivity index (χ3n) is 15.1. The summed E-state index contributed by atoms with van der Waals surface area (Å²) in [7, 11) is 1.65. The zero-order chi connectivity index (χ0) is 60.6. The molecule has 3 aromatic carbocycles. The van der Waals surface area contributed by atoms with Crippen LogP contribution >= 0.6 is 0 Å². The lowest BCUT2D eigenvalue weighted by atomic mass is 9.76. The molecule has 3 aromatic rings. The van der Waals surface area contributed by atoms with Gasteiger partial charge in [0.15, 0.2) is 0 Å². The maximum absolute atomic E-state index is 14.7. The smallest absolute Gasteiger partial charge is 0.251 e. The minimum atomic E-state index is -1.12. The number of Topliss-reactive ketones (excluding diaryl/α,β-unsaturated/α-hetero) is 1. The normalized spacial score (nSPS) is 19.3. The number of nitrogens with zero attached hydrogens (tertiary/aromatic N) is 2. The summed E-state index contributed by atoms with van der Waals surface area (Å²) in [6.45, 7) is 15.1. The molecule has 2 aliphatic heterocycles. The van der Waals surface area contributed by atoms with E-state index in [2.05, 4.69) is 31.9 Å². The van der Waals surface area contributed by atoms with Crippen LogP contribution in [0.4, 0.5) is 0 Å². The van der Waals surface area contributed by atoms with E-state index in [-0.39, 0.29) is 68.4 Å². The number of nitrogens with two attached hydrogens (primary N) is 2. The Morgan fingerprint density at radius 1 is 0.598 bits per heavy atom. The van der Waals surface area contributed by atoms with Gasteiger partial charge in [-0.2, -0.15) is 0 Å². The van der Waals surface area contributed by atoms with Gasteiger partial charge in [-0.3, -0.25) is 47.9 Å². The van der Waals surface area contributed by atoms with Crippen LogP contribution in [0.25, 0.3) is 0 Å². The Morgan fingerprint density at radius 2 is 1.01 bits per heavy atom. The van der Waals surface area contributed by atoms with Gasteiger partial charge in [-0.15, -0.1) is 0 Å². The molecule has 9 amide bonds. The van der Waals surface area contributed by atoms with E-state index >= 15 is 0 Å². The summed E-state index contributed by atoms with van der Waals surface area (Å²) >= 11 is 0. The first-order valence-electron chi connectivity index (χ1n) is 27.9. The van der Waals surface area contributed by atoms with Crippen molar-refractivity contribution in [3.63, 3.8) is 0 Å². The molecule has 2 fully saturated rings. The molecule has 0 saturated carbocycles. The highest BCUT2D eigenvalue weighted by atomic mass is 16.5. The van der Waals surface area contributed by atoms with E-state index in [0.717, 1.165) is 0 Å². The molecule has 0 radical (unpaired) electrons. The van der Waals surface area contributed by atoms with Crippen molar-refractivity contribution in [2.24, 2.45) is 34.1 Å². The van der Waals surface area contributed by atoms with E-state index in [1.54, 1.807) is 102 Å². The van der Waals surface area contributed by atoms with Crippen molar-refractivity contribution in [2.75, 3.05) is 46.6 Å². The number of carbonyl (C=O) groups is 10. The first-order chi connectivity index (χ1) is 38.6. The van der Waals surface area contributed by atoms with Gasteiger partial charge in [-0.25, -0.2) is 0 Å². The number of likely N-dealkylation sites (N-methyl/N-ethyl adjacent to an activating group) is 1. The van der Waals surface area contributed by atoms with Crippen LogP contribution in [-0.2, 0) is 47.8 Å². The Balaban J connectivity index is 1.37. The van der Waals surface area contributed by atoms with Crippen molar-refractivity contribution in [3.8, 4) is 0 Å². The Labute approximate surface area is 480 Å². The summed E-state index contributed by atoms with van der Waals surface area (Å²) in [6.07, 6.45) is 0.417. The van der Waals surface area contributed by atoms with E-state index < -0.39 is 131 Å². The Bertz CT molecular complexity index is 2550. The summed E-state index contributed by atoms with van der Waals surface area (Å²) in [6, 6.07) is 16.8. The number of hydrogen-bond donors (Lipinski definition) is 8. The molecule has 10 atom stereocenters. The van der Waals surface area contributed by atoms with Crippen LogP contribution in [0.3, 0.4) is 0 Å². The predicted molar refractivity (Wildman–Crippen MR) is 306 cm³/mol. The fourth-order valence-corrected chi connectivity index (χ4v) is 9.87. The van der Waals surface area contributed by atoms with Gasteiger partial charge < -0.3 is 62.6 Å². The van der Waals surface area contributed by atoms with Gasteiger partial charge >= 0.3 is 0 Å². The SMILES string of the molecule is CC[C@@H](C)C(=O)N[C@H](C(=O)N1C[C@@H](NC(=O)c2ccc(C(=O)N[C@H]3C[C@@H](C(=O)N[C@H](COCC(N)=O)c4ccccc4)N(C(=O)[C@@H](CC(=O)[C@H](C)NC)C(C)(C)C)C3)cc2)C[C@H]1C(=O)N[C@H](COCC(N)=O)c1ccccc1)C(C)(C)C. The summed E-state index contributed by atoms with van der Waals surface area (Å²) < 4.78 is 11.1. The van der Waals surface area contributed by atoms with Crippen LogP contribution < -0.4 is 43.4 Å². The fourth-order valence-electron chi connectivity index (χ4n) is 9.87. The Kier molecular flexibility index (Phi) is 23.4. The molecule has 0 spiro atoms. The monoisotopic (exact) mass is 1140 g/mol. The van der Waals surface area contributed by atoms with Crippen molar-refractivity contribution in [1.82, 2.24) is 41.7 Å². The van der Waals surface area contributed by atoms with Gasteiger partial charge in [0.2, 0.25) is 41.4 Å². The average Bonchev–Trinajstić information content (AvgIpc) is 4.20. The van der Waals surface area contributed by atoms with E-state index in [9.17, 15) is 47.9 Å². The van der Waals surface area contributed by atoms with E-state index in [1.165, 1.54) is 34.1 Å². The Morgan fingerprint density at radius 3 is 1.38 bits per heavy atom. The second-order valence-electron chi connectivity index (χ2n) is 23.5. The third-order valence-corrected chi connectivity index (χ3v) is 15.1. The second-order valence-corrected chi connectivity index (χ2v) is 23.5. The summed E-state index contributed by atoms with van der Waals surface area (Å²) in [5.74, 6) is -6.33. The van der Waals surface area contributed by atoms with E-state index in [0.29, 0.717) is 17.5 Å². The summed E-state index contributed by atoms with van der Waals surface area (Å²) in [5.41, 5.74) is 10.8. The number of benzene rings is 3. The van der Waals surface area contributed by atoms with Gasteiger partial charge in [-0.1, -0.05) is 116 Å². The highest BCUT2D eigenvalue weighted by Crippen LogP contribution is 2.35. The molecule has 0 bridgehead atoms. The minimum absolute atomic E-state index is 0.00181. The lowest BCUT2D eigenvalue weighted by molar-refractivity contribution is -0.146. The molecule has 0 aromatic heterocycles. The maximum atomic E-state index is 14.7. The number of hydrogen-bond acceptors (Lipinski definition) is 13. The molecule has 0 aliphatic carbocycles. The van der Waals surface area contributed by atoms with Crippen LogP contribution in [0, 0.1) is 22.7 Å². The van der Waals surface area contributed by atoms with Crippen LogP contribution in [-0.4, -0.2) is 152 Å². The largest absolute Gasteiger partial charge is 0.369 e. The number of carbonyl (C=O) groups excluding carboxylic acids is 10. The molecule has 2 aliphatic rings. The molecule has 82 heavy (non-hydrogen) atoms. The minimum Gasteiger partial charge on any atom is -0.369 e. The highest BCUT2D eigenvalue weighted by Gasteiger charge is 2.48. The lowest BCUT2D eigenvalue weighted by Gasteiger charge is -2.36. The van der Waals surface area contributed by atoms with Gasteiger partial charge in [0.05, 0.1) is 31.3 Å². The zero-order valence-electron chi connectivity index (χ0n) is 48.9. The highest BCUT2D eigenvalue weighted by molar-refractivity contribution is 5.99. The Hall–Kier alpha value is -7.56. The standard InChI is InChI=1S/C60H84N10O12/c1-11-35(2)52(74)68-51(60(7,8)9)58(80)70-30-42(27-47(70)56(78)67-45(32-82-34-50(62)73)38-20-16-13-17-21-38)65-54(76)40-24-22-39(23-25-40)53(75)64-41-26-46(55(77)66-44(31-81-33-49(61)72)37-18-14-12-15-19-37)69(29-41)57(79)43(59(4,5)6)28-48(71)36(3)63-10/h12-25,35-36,41-47,51,63H,11,26-34H2,1-10H3,(H2,61,72)(H2,62,73)(H,64,75)(H,65,76)(H,66,77)(H,67,78)(H,68,74)/t35-,36+,41+,42+,43-,44-,45-,46+,47+,51-/m1/s1. The lowest BCUT2D eigenvalue weighted by Crippen LogP contribution is -2.58. The van der Waals surface area contributed by atoms with Crippen LogP contribution in [0.5, 0.6) is 0 Å². The molecule has 10 N–H and O–H groups in total. The van der Waals surface area contributed by atoms with E-state index in [1.807, 2.05) is 27.7 Å². The van der Waals surface area contributed by atoms with Crippen molar-refractivity contribution in [3.05, 3.63) is 107 Å². The first kappa shape index (κ1) is 65.3. The third kappa shape index (κ3) is 18.2. The summed E-state index contributed by atoms with van der Waals surface area (Å²) in [4.78, 5) is 139. The van der Waals surface area contributed by atoms with Crippen molar-refractivity contribution < 1.29 is 57.4 Å². The quantitative estimate of drug-likeness (QED) is 0.0545. The van der Waals surface area contributed by atoms with Gasteiger partial charge in [0, 0.05) is 54.6 Å². The first-order valence-corrected chi connectivity index (χ1v) is 27.9. The maximum Gasteiger partial charge on any atom is 0.251 e. The van der Waals surface area contributed by atoms with Gasteiger partial charge in [-0.05, 0) is 79.5 Å². The average molecular weight is 1140 g/mol. The van der Waals surface area contributed by atoms with Crippen molar-refractivity contribution in [2.45, 2.75) is 136 Å². The number of ketones is 1. The molecular weight excluding hydrogens is 1050 g/mol.